The molecule has 90 valence electrons. The topological polar surface area (TPSA) is 46.3 Å². The van der Waals surface area contributed by atoms with Crippen LogP contribution in [0.1, 0.15) is 37.1 Å². The van der Waals surface area contributed by atoms with E-state index in [2.05, 4.69) is 13.0 Å². The van der Waals surface area contributed by atoms with Gasteiger partial charge in [0, 0.05) is 18.3 Å². The Kier molecular flexibility index (Phi) is 5.49. The first-order valence-electron chi connectivity index (χ1n) is 5.66. The first-order chi connectivity index (χ1) is 7.66. The number of rotatable bonds is 6. The van der Waals surface area contributed by atoms with Crippen molar-refractivity contribution < 1.29 is 4.79 Å². The van der Waals surface area contributed by atoms with Crippen LogP contribution in [-0.2, 0) is 4.79 Å². The lowest BCUT2D eigenvalue weighted by Gasteiger charge is -2.24. The summed E-state index contributed by atoms with van der Waals surface area (Å²) in [6.07, 6.45) is 2.41. The molecule has 1 amide bonds. The van der Waals surface area contributed by atoms with Crippen molar-refractivity contribution in [1.29, 1.82) is 0 Å². The SMILES string of the molecule is CC(c1cccs1)N(C)C(=O)CCCCN. The van der Waals surface area contributed by atoms with E-state index < -0.39 is 0 Å². The molecule has 1 aromatic rings. The maximum atomic E-state index is 11.8. The quantitative estimate of drug-likeness (QED) is 0.776. The van der Waals surface area contributed by atoms with Crippen LogP contribution in [0.4, 0.5) is 0 Å². The molecule has 0 aliphatic heterocycles. The number of thiophene rings is 1. The van der Waals surface area contributed by atoms with Crippen molar-refractivity contribution >= 4 is 17.2 Å². The van der Waals surface area contributed by atoms with E-state index in [4.69, 9.17) is 5.73 Å². The summed E-state index contributed by atoms with van der Waals surface area (Å²) in [6.45, 7) is 2.73. The van der Waals surface area contributed by atoms with E-state index in [-0.39, 0.29) is 11.9 Å². The van der Waals surface area contributed by atoms with E-state index in [1.807, 2.05) is 23.4 Å². The first kappa shape index (κ1) is 13.2. The van der Waals surface area contributed by atoms with E-state index in [0.29, 0.717) is 13.0 Å². The van der Waals surface area contributed by atoms with Gasteiger partial charge in [0.15, 0.2) is 0 Å². The van der Waals surface area contributed by atoms with E-state index in [0.717, 1.165) is 12.8 Å². The Balaban J connectivity index is 2.44. The lowest BCUT2D eigenvalue weighted by molar-refractivity contribution is -0.131. The van der Waals surface area contributed by atoms with Crippen LogP contribution in [0.5, 0.6) is 0 Å². The molecule has 0 radical (unpaired) electrons. The van der Waals surface area contributed by atoms with Crippen LogP contribution in [0.3, 0.4) is 0 Å². The summed E-state index contributed by atoms with van der Waals surface area (Å²) in [4.78, 5) is 14.9. The van der Waals surface area contributed by atoms with Crippen molar-refractivity contribution in [1.82, 2.24) is 4.90 Å². The van der Waals surface area contributed by atoms with Gasteiger partial charge in [-0.05, 0) is 37.8 Å². The molecular weight excluding hydrogens is 220 g/mol. The minimum absolute atomic E-state index is 0.172. The minimum Gasteiger partial charge on any atom is -0.338 e. The Morgan fingerprint density at radius 2 is 2.31 bits per heavy atom. The van der Waals surface area contributed by atoms with Gasteiger partial charge in [-0.1, -0.05) is 6.07 Å². The maximum absolute atomic E-state index is 11.8. The molecule has 4 heteroatoms. The molecule has 0 aromatic carbocycles. The van der Waals surface area contributed by atoms with Gasteiger partial charge in [-0.25, -0.2) is 0 Å². The van der Waals surface area contributed by atoms with Crippen LogP contribution in [0.15, 0.2) is 17.5 Å². The second-order valence-electron chi connectivity index (χ2n) is 3.94. The molecule has 0 aliphatic carbocycles. The van der Waals surface area contributed by atoms with Gasteiger partial charge >= 0.3 is 0 Å². The molecule has 0 saturated heterocycles. The lowest BCUT2D eigenvalue weighted by atomic mass is 10.2. The monoisotopic (exact) mass is 240 g/mol. The number of unbranched alkanes of at least 4 members (excludes halogenated alkanes) is 1. The smallest absolute Gasteiger partial charge is 0.222 e. The van der Waals surface area contributed by atoms with Crippen molar-refractivity contribution in [3.05, 3.63) is 22.4 Å². The minimum atomic E-state index is 0.172. The van der Waals surface area contributed by atoms with Gasteiger partial charge in [0.25, 0.3) is 0 Å². The zero-order valence-corrected chi connectivity index (χ0v) is 10.8. The van der Waals surface area contributed by atoms with Crippen molar-refractivity contribution in [2.24, 2.45) is 5.73 Å². The maximum Gasteiger partial charge on any atom is 0.222 e. The third kappa shape index (κ3) is 3.61. The van der Waals surface area contributed by atoms with Gasteiger partial charge in [-0.15, -0.1) is 11.3 Å². The van der Waals surface area contributed by atoms with Crippen molar-refractivity contribution in [2.75, 3.05) is 13.6 Å². The summed E-state index contributed by atoms with van der Waals surface area (Å²) < 4.78 is 0. The molecule has 2 N–H and O–H groups in total. The van der Waals surface area contributed by atoms with Crippen LogP contribution in [0.25, 0.3) is 0 Å². The number of nitrogens with two attached hydrogens (primary N) is 1. The van der Waals surface area contributed by atoms with Gasteiger partial charge < -0.3 is 10.6 Å². The fourth-order valence-corrected chi connectivity index (χ4v) is 2.36. The lowest BCUT2D eigenvalue weighted by Crippen LogP contribution is -2.29. The van der Waals surface area contributed by atoms with Crippen molar-refractivity contribution in [3.63, 3.8) is 0 Å². The van der Waals surface area contributed by atoms with E-state index in [1.54, 1.807) is 11.3 Å². The van der Waals surface area contributed by atoms with E-state index in [1.165, 1.54) is 4.88 Å². The highest BCUT2D eigenvalue weighted by Gasteiger charge is 2.17. The molecule has 0 saturated carbocycles. The zero-order valence-electron chi connectivity index (χ0n) is 9.98. The summed E-state index contributed by atoms with van der Waals surface area (Å²) >= 11 is 1.69. The number of carbonyl (C=O) groups is 1. The molecule has 0 spiro atoms. The average molecular weight is 240 g/mol. The average Bonchev–Trinajstić information content (AvgIpc) is 2.80. The Hall–Kier alpha value is -0.870. The van der Waals surface area contributed by atoms with Crippen LogP contribution in [-0.4, -0.2) is 24.4 Å². The third-order valence-corrected chi connectivity index (χ3v) is 3.82. The molecule has 3 nitrogen and oxygen atoms in total. The highest BCUT2D eigenvalue weighted by Crippen LogP contribution is 2.23. The molecule has 1 aromatic heterocycles. The molecular formula is C12H20N2OS. The number of nitrogens with zero attached hydrogens (tertiary/aromatic N) is 1. The second-order valence-corrected chi connectivity index (χ2v) is 4.92. The molecule has 1 heterocycles. The number of hydrogen-bond donors (Lipinski definition) is 1. The molecule has 16 heavy (non-hydrogen) atoms. The van der Waals surface area contributed by atoms with Crippen molar-refractivity contribution in [3.8, 4) is 0 Å². The molecule has 0 aliphatic rings. The normalized spacial score (nSPS) is 12.4. The summed E-state index contributed by atoms with van der Waals surface area (Å²) in [5.74, 6) is 0.203. The highest BCUT2D eigenvalue weighted by atomic mass is 32.1. The third-order valence-electron chi connectivity index (χ3n) is 2.77. The van der Waals surface area contributed by atoms with Gasteiger partial charge in [0.2, 0.25) is 5.91 Å². The molecule has 0 bridgehead atoms. The van der Waals surface area contributed by atoms with Gasteiger partial charge in [0.05, 0.1) is 6.04 Å². The standard InChI is InChI=1S/C12H20N2OS/c1-10(11-6-5-9-16-11)14(2)12(15)7-3-4-8-13/h5-6,9-10H,3-4,7-8,13H2,1-2H3. The van der Waals surface area contributed by atoms with Gasteiger partial charge in [-0.3, -0.25) is 4.79 Å². The summed E-state index contributed by atoms with van der Waals surface area (Å²) in [6, 6.07) is 4.26. The Labute approximate surface area is 101 Å². The predicted octanol–water partition coefficient (Wildman–Crippen LogP) is 2.40. The van der Waals surface area contributed by atoms with Crippen molar-refractivity contribution in [2.45, 2.75) is 32.2 Å². The fourth-order valence-electron chi connectivity index (χ4n) is 1.53. The van der Waals surface area contributed by atoms with E-state index in [9.17, 15) is 4.79 Å². The summed E-state index contributed by atoms with van der Waals surface area (Å²) in [7, 11) is 1.87. The summed E-state index contributed by atoms with van der Waals surface area (Å²) in [5, 5.41) is 2.04. The molecule has 0 fully saturated rings. The predicted molar refractivity (Wildman–Crippen MR) is 68.4 cm³/mol. The van der Waals surface area contributed by atoms with Crippen LogP contribution < -0.4 is 5.73 Å². The number of hydrogen-bond acceptors (Lipinski definition) is 3. The van der Waals surface area contributed by atoms with Crippen LogP contribution in [0.2, 0.25) is 0 Å². The van der Waals surface area contributed by atoms with Gasteiger partial charge in [-0.2, -0.15) is 0 Å². The van der Waals surface area contributed by atoms with Crippen LogP contribution >= 0.6 is 11.3 Å². The first-order valence-corrected chi connectivity index (χ1v) is 6.54. The molecule has 1 rings (SSSR count). The number of amides is 1. The van der Waals surface area contributed by atoms with E-state index >= 15 is 0 Å². The zero-order chi connectivity index (χ0) is 12.0. The highest BCUT2D eigenvalue weighted by molar-refractivity contribution is 7.10. The number of carbonyl (C=O) groups excluding carboxylic acids is 1. The fraction of sp³-hybridized carbons (Fsp3) is 0.583. The Morgan fingerprint density at radius 3 is 2.88 bits per heavy atom. The van der Waals surface area contributed by atoms with Crippen LogP contribution in [0, 0.1) is 0 Å². The molecule has 1 atom stereocenters. The Morgan fingerprint density at radius 1 is 1.56 bits per heavy atom. The molecule has 1 unspecified atom stereocenters. The Bertz CT molecular complexity index is 311. The largest absolute Gasteiger partial charge is 0.338 e. The summed E-state index contributed by atoms with van der Waals surface area (Å²) in [5.41, 5.74) is 5.40. The van der Waals surface area contributed by atoms with Gasteiger partial charge in [0.1, 0.15) is 0 Å². The second kappa shape index (κ2) is 6.66.